The van der Waals surface area contributed by atoms with Crippen molar-refractivity contribution in [3.8, 4) is 0 Å². The Morgan fingerprint density at radius 2 is 1.87 bits per heavy atom. The van der Waals surface area contributed by atoms with E-state index in [1.54, 1.807) is 19.9 Å². The van der Waals surface area contributed by atoms with Crippen molar-refractivity contribution < 1.29 is 14.6 Å². The van der Waals surface area contributed by atoms with Crippen molar-refractivity contribution in [3.05, 3.63) is 12.7 Å². The molecule has 0 rings (SSSR count). The molecule has 0 unspecified atom stereocenters. The Morgan fingerprint density at radius 1 is 1.27 bits per heavy atom. The SMILES string of the molecule is C=CCOCCC(C)(C)OCC(C)(C)O. The van der Waals surface area contributed by atoms with Gasteiger partial charge in [-0.25, -0.2) is 0 Å². The van der Waals surface area contributed by atoms with Gasteiger partial charge in [0.1, 0.15) is 0 Å². The summed E-state index contributed by atoms with van der Waals surface area (Å²) in [6.45, 7) is 12.6. The number of aliphatic hydroxyl groups is 1. The van der Waals surface area contributed by atoms with Crippen LogP contribution in [0.15, 0.2) is 12.7 Å². The smallest absolute Gasteiger partial charge is 0.0824 e. The minimum atomic E-state index is -0.779. The second-order valence-corrected chi connectivity index (χ2v) is 4.97. The molecule has 0 aromatic rings. The highest BCUT2D eigenvalue weighted by atomic mass is 16.5. The number of ether oxygens (including phenoxy) is 2. The van der Waals surface area contributed by atoms with Gasteiger partial charge in [0.05, 0.1) is 24.4 Å². The van der Waals surface area contributed by atoms with E-state index in [-0.39, 0.29) is 5.60 Å². The molecule has 0 aromatic heterocycles. The monoisotopic (exact) mass is 216 g/mol. The lowest BCUT2D eigenvalue weighted by molar-refractivity contribution is -0.100. The second-order valence-electron chi connectivity index (χ2n) is 4.97. The van der Waals surface area contributed by atoms with Gasteiger partial charge >= 0.3 is 0 Å². The van der Waals surface area contributed by atoms with Crippen molar-refractivity contribution in [3.63, 3.8) is 0 Å². The van der Waals surface area contributed by atoms with Gasteiger partial charge in [0, 0.05) is 6.61 Å². The molecule has 0 fully saturated rings. The van der Waals surface area contributed by atoms with Crippen molar-refractivity contribution in [2.45, 2.75) is 45.3 Å². The van der Waals surface area contributed by atoms with Gasteiger partial charge in [-0.3, -0.25) is 0 Å². The summed E-state index contributed by atoms with van der Waals surface area (Å²) in [6.07, 6.45) is 2.53. The average molecular weight is 216 g/mol. The maximum absolute atomic E-state index is 9.52. The third-order valence-corrected chi connectivity index (χ3v) is 1.90. The van der Waals surface area contributed by atoms with E-state index in [9.17, 15) is 5.11 Å². The molecule has 0 heterocycles. The molecule has 0 amide bonds. The molecule has 0 atom stereocenters. The molecule has 3 heteroatoms. The first-order valence-electron chi connectivity index (χ1n) is 5.32. The van der Waals surface area contributed by atoms with E-state index in [4.69, 9.17) is 9.47 Å². The van der Waals surface area contributed by atoms with Crippen LogP contribution < -0.4 is 0 Å². The van der Waals surface area contributed by atoms with Gasteiger partial charge in [0.25, 0.3) is 0 Å². The predicted octanol–water partition coefficient (Wildman–Crippen LogP) is 2.15. The Bertz CT molecular complexity index is 180. The van der Waals surface area contributed by atoms with Crippen LogP contribution in [0.3, 0.4) is 0 Å². The largest absolute Gasteiger partial charge is 0.388 e. The summed E-state index contributed by atoms with van der Waals surface area (Å²) in [6, 6.07) is 0. The zero-order valence-electron chi connectivity index (χ0n) is 10.4. The van der Waals surface area contributed by atoms with Crippen LogP contribution in [0.1, 0.15) is 34.1 Å². The maximum atomic E-state index is 9.52. The van der Waals surface area contributed by atoms with E-state index in [1.807, 2.05) is 13.8 Å². The molecule has 0 saturated heterocycles. The molecule has 15 heavy (non-hydrogen) atoms. The van der Waals surface area contributed by atoms with Crippen LogP contribution in [0.2, 0.25) is 0 Å². The summed E-state index contributed by atoms with van der Waals surface area (Å²) in [4.78, 5) is 0. The summed E-state index contributed by atoms with van der Waals surface area (Å²) in [5, 5.41) is 9.52. The van der Waals surface area contributed by atoms with E-state index in [1.165, 1.54) is 0 Å². The third kappa shape index (κ3) is 9.91. The molecule has 3 nitrogen and oxygen atoms in total. The highest BCUT2D eigenvalue weighted by molar-refractivity contribution is 4.72. The fourth-order valence-electron chi connectivity index (χ4n) is 0.929. The number of hydrogen-bond donors (Lipinski definition) is 1. The molecule has 0 bridgehead atoms. The van der Waals surface area contributed by atoms with Crippen LogP contribution in [-0.4, -0.2) is 36.1 Å². The normalized spacial score (nSPS) is 12.9. The number of rotatable bonds is 8. The molecule has 0 aliphatic heterocycles. The molecular weight excluding hydrogens is 192 g/mol. The van der Waals surface area contributed by atoms with E-state index < -0.39 is 5.60 Å². The fraction of sp³-hybridized carbons (Fsp3) is 0.833. The fourth-order valence-corrected chi connectivity index (χ4v) is 0.929. The van der Waals surface area contributed by atoms with Crippen molar-refractivity contribution in [2.24, 2.45) is 0 Å². The van der Waals surface area contributed by atoms with Crippen LogP contribution in [-0.2, 0) is 9.47 Å². The summed E-state index contributed by atoms with van der Waals surface area (Å²) in [7, 11) is 0. The van der Waals surface area contributed by atoms with Crippen molar-refractivity contribution in [1.82, 2.24) is 0 Å². The van der Waals surface area contributed by atoms with Crippen molar-refractivity contribution in [2.75, 3.05) is 19.8 Å². The average Bonchev–Trinajstić information content (AvgIpc) is 2.09. The van der Waals surface area contributed by atoms with Gasteiger partial charge in [-0.05, 0) is 34.1 Å². The summed E-state index contributed by atoms with van der Waals surface area (Å²) < 4.78 is 10.9. The molecule has 0 radical (unpaired) electrons. The van der Waals surface area contributed by atoms with Gasteiger partial charge in [-0.15, -0.1) is 6.58 Å². The molecule has 0 aliphatic rings. The highest BCUT2D eigenvalue weighted by Crippen LogP contribution is 2.17. The molecular formula is C12H24O3. The van der Waals surface area contributed by atoms with Gasteiger partial charge in [-0.1, -0.05) is 6.08 Å². The zero-order chi connectivity index (χ0) is 11.9. The van der Waals surface area contributed by atoms with Crippen molar-refractivity contribution in [1.29, 1.82) is 0 Å². The molecule has 0 aromatic carbocycles. The lowest BCUT2D eigenvalue weighted by atomic mass is 10.1. The Hall–Kier alpha value is -0.380. The molecule has 0 spiro atoms. The molecule has 90 valence electrons. The maximum Gasteiger partial charge on any atom is 0.0824 e. The van der Waals surface area contributed by atoms with Crippen LogP contribution >= 0.6 is 0 Å². The lowest BCUT2D eigenvalue weighted by Crippen LogP contribution is -2.35. The summed E-state index contributed by atoms with van der Waals surface area (Å²) in [5.74, 6) is 0. The highest BCUT2D eigenvalue weighted by Gasteiger charge is 2.22. The standard InChI is InChI=1S/C12H24O3/c1-6-8-14-9-7-12(4,5)15-10-11(2,3)13/h6,13H,1,7-10H2,2-5H3. The number of hydrogen-bond acceptors (Lipinski definition) is 3. The van der Waals surface area contributed by atoms with Gasteiger partial charge < -0.3 is 14.6 Å². The predicted molar refractivity (Wildman–Crippen MR) is 62.0 cm³/mol. The minimum absolute atomic E-state index is 0.263. The van der Waals surface area contributed by atoms with E-state index in [0.29, 0.717) is 19.8 Å². The molecule has 0 saturated carbocycles. The third-order valence-electron chi connectivity index (χ3n) is 1.90. The van der Waals surface area contributed by atoms with Crippen LogP contribution in [0.4, 0.5) is 0 Å². The Labute approximate surface area is 93.1 Å². The van der Waals surface area contributed by atoms with Gasteiger partial charge in [-0.2, -0.15) is 0 Å². The molecule has 0 aliphatic carbocycles. The summed E-state index contributed by atoms with van der Waals surface area (Å²) >= 11 is 0. The second kappa shape index (κ2) is 6.26. The van der Waals surface area contributed by atoms with Gasteiger partial charge in [0.2, 0.25) is 0 Å². The minimum Gasteiger partial charge on any atom is -0.388 e. The van der Waals surface area contributed by atoms with Crippen molar-refractivity contribution >= 4 is 0 Å². The summed E-state index contributed by atoms with van der Waals surface area (Å²) in [5.41, 5.74) is -1.04. The van der Waals surface area contributed by atoms with Crippen LogP contribution in [0.5, 0.6) is 0 Å². The Kier molecular flexibility index (Phi) is 6.10. The Balaban J connectivity index is 3.71. The molecule has 1 N–H and O–H groups in total. The lowest BCUT2D eigenvalue weighted by Gasteiger charge is -2.29. The first kappa shape index (κ1) is 14.6. The first-order valence-corrected chi connectivity index (χ1v) is 5.32. The van der Waals surface area contributed by atoms with E-state index in [2.05, 4.69) is 6.58 Å². The van der Waals surface area contributed by atoms with E-state index in [0.717, 1.165) is 6.42 Å². The Morgan fingerprint density at radius 3 is 2.33 bits per heavy atom. The quantitative estimate of drug-likeness (QED) is 0.499. The van der Waals surface area contributed by atoms with Crippen LogP contribution in [0, 0.1) is 0 Å². The first-order chi connectivity index (χ1) is 6.77. The van der Waals surface area contributed by atoms with E-state index >= 15 is 0 Å². The van der Waals surface area contributed by atoms with Crippen LogP contribution in [0.25, 0.3) is 0 Å². The van der Waals surface area contributed by atoms with Gasteiger partial charge in [0.15, 0.2) is 0 Å². The zero-order valence-corrected chi connectivity index (χ0v) is 10.4. The topological polar surface area (TPSA) is 38.7 Å².